The van der Waals surface area contributed by atoms with Crippen molar-refractivity contribution in [1.82, 2.24) is 19.9 Å². The van der Waals surface area contributed by atoms with Gasteiger partial charge in [-0.05, 0) is 31.8 Å². The summed E-state index contributed by atoms with van der Waals surface area (Å²) >= 11 is 0. The number of nitrogens with one attached hydrogen (secondary N) is 1. The predicted octanol–water partition coefficient (Wildman–Crippen LogP) is 1.37. The van der Waals surface area contributed by atoms with Gasteiger partial charge in [0.1, 0.15) is 0 Å². The average Bonchev–Trinajstić information content (AvgIpc) is 2.64. The molecule has 3 heterocycles. The molecule has 1 saturated heterocycles. The molecule has 2 aliphatic heterocycles. The maximum absolute atomic E-state index is 6.07. The lowest BCUT2D eigenvalue weighted by Crippen LogP contribution is -2.33. The van der Waals surface area contributed by atoms with Crippen molar-refractivity contribution in [1.29, 1.82) is 0 Å². The Morgan fingerprint density at radius 3 is 2.88 bits per heavy atom. The largest absolute Gasteiger partial charge is 0.381 e. The van der Waals surface area contributed by atoms with E-state index in [9.17, 15) is 0 Å². The number of aromatic nitrogens is 2. The van der Waals surface area contributed by atoms with E-state index < -0.39 is 0 Å². The third-order valence-electron chi connectivity index (χ3n) is 4.38. The standard InChI is InChI=1S/C16H25N7.C2H4/c1-22-11-13(5-7-21-22)14-10-19-15(17)16(23(14)2)20-9-12-4-3-6-18-8-12;1-2/h7,10-12,18H,3-6,8-9H2,1-2H3,(H2,17,19);1-2H2. The van der Waals surface area contributed by atoms with E-state index in [4.69, 9.17) is 10.7 Å². The first-order valence-corrected chi connectivity index (χ1v) is 8.64. The van der Waals surface area contributed by atoms with E-state index in [2.05, 4.69) is 28.6 Å². The first kappa shape index (κ1) is 18.9. The molecule has 0 aliphatic carbocycles. The molecule has 1 atom stereocenters. The minimum Gasteiger partial charge on any atom is -0.381 e. The van der Waals surface area contributed by atoms with Crippen LogP contribution in [0.25, 0.3) is 5.57 Å². The van der Waals surface area contributed by atoms with Crippen LogP contribution in [0.2, 0.25) is 0 Å². The van der Waals surface area contributed by atoms with Crippen LogP contribution in [-0.4, -0.2) is 47.5 Å². The molecular formula is C18H29N7. The number of anilines is 1. The van der Waals surface area contributed by atoms with Gasteiger partial charge >= 0.3 is 0 Å². The monoisotopic (exact) mass is 343 g/mol. The molecule has 3 rings (SSSR count). The number of nitrogens with two attached hydrogens (primary N) is 1. The second kappa shape index (κ2) is 9.17. The number of nitrogen functional groups attached to an aromatic ring is 1. The number of hydrogen-bond donors (Lipinski definition) is 2. The van der Waals surface area contributed by atoms with Gasteiger partial charge in [-0.1, -0.05) is 0 Å². The smallest absolute Gasteiger partial charge is 0.171 e. The summed E-state index contributed by atoms with van der Waals surface area (Å²) < 4.78 is 2.04. The third kappa shape index (κ3) is 4.79. The van der Waals surface area contributed by atoms with Crippen molar-refractivity contribution in [3.63, 3.8) is 0 Å². The summed E-state index contributed by atoms with van der Waals surface area (Å²) in [5.41, 5.74) is 9.01. The highest BCUT2D eigenvalue weighted by atomic mass is 15.4. The first-order valence-electron chi connectivity index (χ1n) is 8.64. The second-order valence-corrected chi connectivity index (χ2v) is 6.19. The van der Waals surface area contributed by atoms with Gasteiger partial charge in [0.15, 0.2) is 11.3 Å². The fraction of sp³-hybridized carbons (Fsp3) is 0.500. The number of piperidine rings is 1. The van der Waals surface area contributed by atoms with E-state index in [1.54, 1.807) is 5.01 Å². The number of rotatable bonds is 3. The molecule has 7 heteroatoms. The number of hydrogen-bond acceptors (Lipinski definition) is 6. The average molecular weight is 343 g/mol. The van der Waals surface area contributed by atoms with Crippen LogP contribution < -0.4 is 16.5 Å². The molecule has 1 unspecified atom stereocenters. The molecule has 1 aromatic rings. The highest BCUT2D eigenvalue weighted by Gasteiger charge is 2.14. The van der Waals surface area contributed by atoms with Gasteiger partial charge in [-0.25, -0.2) is 4.98 Å². The summed E-state index contributed by atoms with van der Waals surface area (Å²) in [6, 6.07) is 0. The van der Waals surface area contributed by atoms with Gasteiger partial charge in [0.25, 0.3) is 0 Å². The maximum Gasteiger partial charge on any atom is 0.171 e. The molecule has 0 saturated carbocycles. The normalized spacial score (nSPS) is 20.7. The van der Waals surface area contributed by atoms with Crippen molar-refractivity contribution in [3.05, 3.63) is 36.7 Å². The SMILES string of the molecule is C=C.CN1C=C(c2cnc(N)c(=NCC3CCCNC3)n2C)CC=N1. The van der Waals surface area contributed by atoms with Crippen LogP contribution in [0.15, 0.2) is 35.6 Å². The Bertz CT molecular complexity index is 696. The Hall–Kier alpha value is -2.41. The Kier molecular flexibility index (Phi) is 6.94. The lowest BCUT2D eigenvalue weighted by atomic mass is 10.0. The van der Waals surface area contributed by atoms with Crippen LogP contribution in [0.5, 0.6) is 0 Å². The molecule has 1 fully saturated rings. The molecule has 3 N–H and O–H groups in total. The molecule has 0 spiro atoms. The molecule has 7 nitrogen and oxygen atoms in total. The fourth-order valence-corrected chi connectivity index (χ4v) is 3.09. The summed E-state index contributed by atoms with van der Waals surface area (Å²) in [5.74, 6) is 1.07. The van der Waals surface area contributed by atoms with Crippen LogP contribution in [0.3, 0.4) is 0 Å². The predicted molar refractivity (Wildman–Crippen MR) is 104 cm³/mol. The second-order valence-electron chi connectivity index (χ2n) is 6.19. The van der Waals surface area contributed by atoms with Crippen LogP contribution in [-0.2, 0) is 7.05 Å². The van der Waals surface area contributed by atoms with Crippen molar-refractivity contribution in [2.24, 2.45) is 23.1 Å². The molecule has 0 radical (unpaired) electrons. The van der Waals surface area contributed by atoms with Crippen LogP contribution >= 0.6 is 0 Å². The summed E-state index contributed by atoms with van der Waals surface area (Å²) in [7, 11) is 3.92. The van der Waals surface area contributed by atoms with E-state index in [0.717, 1.165) is 42.8 Å². The lowest BCUT2D eigenvalue weighted by molar-refractivity contribution is 0.383. The minimum absolute atomic E-state index is 0.485. The quantitative estimate of drug-likeness (QED) is 0.812. The summed E-state index contributed by atoms with van der Waals surface area (Å²) in [5, 5.41) is 9.45. The van der Waals surface area contributed by atoms with Crippen LogP contribution in [0.1, 0.15) is 25.0 Å². The number of nitrogens with zero attached hydrogens (tertiary/aromatic N) is 5. The Morgan fingerprint density at radius 2 is 2.20 bits per heavy atom. The minimum atomic E-state index is 0.485. The first-order chi connectivity index (χ1) is 12.1. The summed E-state index contributed by atoms with van der Waals surface area (Å²) in [6.07, 6.45) is 8.96. The van der Waals surface area contributed by atoms with Crippen molar-refractivity contribution in [2.45, 2.75) is 19.3 Å². The Morgan fingerprint density at radius 1 is 1.40 bits per heavy atom. The zero-order chi connectivity index (χ0) is 18.2. The molecule has 0 amide bonds. The van der Waals surface area contributed by atoms with Gasteiger partial charge in [0, 0.05) is 45.0 Å². The van der Waals surface area contributed by atoms with E-state index in [1.807, 2.05) is 37.3 Å². The van der Waals surface area contributed by atoms with Gasteiger partial charge in [-0.15, -0.1) is 13.2 Å². The van der Waals surface area contributed by atoms with E-state index in [1.165, 1.54) is 12.8 Å². The van der Waals surface area contributed by atoms with E-state index in [0.29, 0.717) is 11.7 Å². The lowest BCUT2D eigenvalue weighted by Gasteiger charge is -2.21. The van der Waals surface area contributed by atoms with Crippen LogP contribution in [0, 0.1) is 5.92 Å². The fourth-order valence-electron chi connectivity index (χ4n) is 3.09. The van der Waals surface area contributed by atoms with Crippen LogP contribution in [0.4, 0.5) is 5.82 Å². The number of allylic oxidation sites excluding steroid dienone is 1. The van der Waals surface area contributed by atoms with Crippen molar-refractivity contribution in [2.75, 3.05) is 32.4 Å². The Labute approximate surface area is 149 Å². The molecule has 0 bridgehead atoms. The zero-order valence-electron chi connectivity index (χ0n) is 15.3. The van der Waals surface area contributed by atoms with Gasteiger partial charge in [-0.2, -0.15) is 5.10 Å². The topological polar surface area (TPSA) is 83.8 Å². The third-order valence-corrected chi connectivity index (χ3v) is 4.38. The summed E-state index contributed by atoms with van der Waals surface area (Å²) in [4.78, 5) is 9.11. The maximum atomic E-state index is 6.07. The van der Waals surface area contributed by atoms with Gasteiger partial charge in [0.05, 0.1) is 11.9 Å². The van der Waals surface area contributed by atoms with E-state index >= 15 is 0 Å². The molecular weight excluding hydrogens is 314 g/mol. The van der Waals surface area contributed by atoms with Crippen molar-refractivity contribution >= 4 is 17.6 Å². The molecule has 25 heavy (non-hydrogen) atoms. The number of hydrazone groups is 1. The van der Waals surface area contributed by atoms with Crippen molar-refractivity contribution in [3.8, 4) is 0 Å². The van der Waals surface area contributed by atoms with Gasteiger partial charge in [-0.3, -0.25) is 10.0 Å². The van der Waals surface area contributed by atoms with Gasteiger partial charge < -0.3 is 15.6 Å². The zero-order valence-corrected chi connectivity index (χ0v) is 15.3. The van der Waals surface area contributed by atoms with E-state index in [-0.39, 0.29) is 0 Å². The molecule has 0 aromatic carbocycles. The Balaban J connectivity index is 0.00000109. The highest BCUT2D eigenvalue weighted by molar-refractivity contribution is 5.79. The highest BCUT2D eigenvalue weighted by Crippen LogP contribution is 2.19. The van der Waals surface area contributed by atoms with Gasteiger partial charge in [0.2, 0.25) is 0 Å². The molecule has 136 valence electrons. The molecule has 2 aliphatic rings. The van der Waals surface area contributed by atoms with Crippen molar-refractivity contribution < 1.29 is 0 Å². The summed E-state index contributed by atoms with van der Waals surface area (Å²) in [6.45, 7) is 8.94. The molecule has 1 aromatic heterocycles.